The molecular weight excluding hydrogens is 320 g/mol. The zero-order valence-corrected chi connectivity index (χ0v) is 14.9. The van der Waals surface area contributed by atoms with Gasteiger partial charge in [0, 0.05) is 52.2 Å². The summed E-state index contributed by atoms with van der Waals surface area (Å²) in [6.45, 7) is 5.46. The van der Waals surface area contributed by atoms with Gasteiger partial charge in [-0.15, -0.1) is 0 Å². The minimum absolute atomic E-state index is 0.0502. The molecule has 2 fully saturated rings. The van der Waals surface area contributed by atoms with Gasteiger partial charge < -0.3 is 15.2 Å². The van der Waals surface area contributed by atoms with Crippen molar-refractivity contribution in [3.8, 4) is 0 Å². The Morgan fingerprint density at radius 3 is 2.76 bits per heavy atom. The Balaban J connectivity index is 1.40. The maximum absolute atomic E-state index is 12.3. The van der Waals surface area contributed by atoms with Gasteiger partial charge in [-0.3, -0.25) is 19.4 Å². The van der Waals surface area contributed by atoms with Gasteiger partial charge in [0.2, 0.25) is 11.8 Å². The summed E-state index contributed by atoms with van der Waals surface area (Å²) >= 11 is 0. The predicted octanol–water partition coefficient (Wildman–Crippen LogP) is -0.677. The van der Waals surface area contributed by atoms with Gasteiger partial charge in [0.15, 0.2) is 0 Å². The zero-order valence-electron chi connectivity index (χ0n) is 14.9. The van der Waals surface area contributed by atoms with Crippen LogP contribution in [0, 0.1) is 0 Å². The lowest BCUT2D eigenvalue weighted by molar-refractivity contribution is -0.129. The fourth-order valence-electron chi connectivity index (χ4n) is 3.37. The molecule has 1 atom stereocenters. The van der Waals surface area contributed by atoms with Crippen molar-refractivity contribution >= 4 is 11.8 Å². The molecule has 0 radical (unpaired) electrons. The van der Waals surface area contributed by atoms with E-state index < -0.39 is 0 Å². The third-order valence-electron chi connectivity index (χ3n) is 4.99. The number of aryl methyl sites for hydroxylation is 1. The number of hydrogen-bond acceptors (Lipinski definition) is 5. The number of nitrogens with zero attached hydrogens (tertiary/aromatic N) is 4. The minimum atomic E-state index is -0.375. The molecule has 0 spiro atoms. The van der Waals surface area contributed by atoms with Crippen LogP contribution in [0.2, 0.25) is 0 Å². The molecule has 0 saturated carbocycles. The molecule has 3 rings (SSSR count). The summed E-state index contributed by atoms with van der Waals surface area (Å²) in [6, 6.07) is -0.375. The molecule has 0 aliphatic carbocycles. The van der Waals surface area contributed by atoms with Crippen molar-refractivity contribution in [2.24, 2.45) is 7.05 Å². The highest BCUT2D eigenvalue weighted by Crippen LogP contribution is 2.08. The van der Waals surface area contributed by atoms with E-state index in [4.69, 9.17) is 0 Å². The van der Waals surface area contributed by atoms with Crippen LogP contribution in [0.5, 0.6) is 0 Å². The van der Waals surface area contributed by atoms with Gasteiger partial charge in [-0.1, -0.05) is 0 Å². The largest absolute Gasteiger partial charge is 0.354 e. The smallest absolute Gasteiger partial charge is 0.242 e. The highest BCUT2D eigenvalue weighted by molar-refractivity contribution is 5.88. The lowest BCUT2D eigenvalue weighted by atomic mass is 10.1. The summed E-state index contributed by atoms with van der Waals surface area (Å²) < 4.78 is 2.04. The molecule has 2 amide bonds. The zero-order chi connectivity index (χ0) is 17.6. The summed E-state index contributed by atoms with van der Waals surface area (Å²) in [6.07, 6.45) is 6.46. The van der Waals surface area contributed by atoms with E-state index in [0.717, 1.165) is 57.8 Å². The number of carbonyl (C=O) groups is 2. The van der Waals surface area contributed by atoms with E-state index in [0.29, 0.717) is 13.1 Å². The first-order chi connectivity index (χ1) is 12.1. The third kappa shape index (κ3) is 5.02. The first kappa shape index (κ1) is 17.9. The maximum atomic E-state index is 12.3. The molecule has 2 saturated heterocycles. The number of nitrogens with one attached hydrogen (secondary N) is 2. The molecule has 1 aromatic heterocycles. The van der Waals surface area contributed by atoms with Crippen LogP contribution in [0.4, 0.5) is 0 Å². The van der Waals surface area contributed by atoms with E-state index in [-0.39, 0.29) is 17.9 Å². The van der Waals surface area contributed by atoms with Crippen molar-refractivity contribution in [1.82, 2.24) is 30.0 Å². The van der Waals surface area contributed by atoms with Crippen molar-refractivity contribution in [2.75, 3.05) is 39.3 Å². The average Bonchev–Trinajstić information content (AvgIpc) is 2.88. The van der Waals surface area contributed by atoms with E-state index in [9.17, 15) is 9.59 Å². The Bertz CT molecular complexity index is 594. The number of rotatable bonds is 5. The maximum Gasteiger partial charge on any atom is 0.242 e. The Hall–Kier alpha value is -1.93. The molecule has 1 aromatic rings. The highest BCUT2D eigenvalue weighted by atomic mass is 16.2. The van der Waals surface area contributed by atoms with Crippen molar-refractivity contribution in [3.63, 3.8) is 0 Å². The first-order valence-electron chi connectivity index (χ1n) is 9.10. The quantitative estimate of drug-likeness (QED) is 0.737. The first-order valence-corrected chi connectivity index (χ1v) is 9.10. The standard InChI is InChI=1S/C17H28N6O2/c1-21-7-6-18-15(21)12-22-8-10-23(11-9-22)13-16(24)20-14-4-2-3-5-19-17(14)25/h6-7,14H,2-5,8-13H2,1H3,(H,19,25)(H,20,24)/t14-/m1/s1. The topological polar surface area (TPSA) is 82.5 Å². The molecule has 2 N–H and O–H groups in total. The molecule has 2 aliphatic rings. The molecule has 138 valence electrons. The summed E-state index contributed by atoms with van der Waals surface area (Å²) in [5.74, 6) is 0.955. The van der Waals surface area contributed by atoms with Gasteiger partial charge in [0.05, 0.1) is 13.1 Å². The monoisotopic (exact) mass is 348 g/mol. The molecule has 8 heteroatoms. The molecule has 8 nitrogen and oxygen atoms in total. The normalized spacial score (nSPS) is 23.1. The van der Waals surface area contributed by atoms with E-state index in [1.54, 1.807) is 0 Å². The fraction of sp³-hybridized carbons (Fsp3) is 0.706. The van der Waals surface area contributed by atoms with Crippen LogP contribution in [-0.2, 0) is 23.2 Å². The van der Waals surface area contributed by atoms with Crippen LogP contribution in [0.1, 0.15) is 25.1 Å². The Morgan fingerprint density at radius 2 is 2.04 bits per heavy atom. The number of carbonyl (C=O) groups excluding carboxylic acids is 2. The average molecular weight is 348 g/mol. The van der Waals surface area contributed by atoms with Crippen molar-refractivity contribution in [3.05, 3.63) is 18.2 Å². The van der Waals surface area contributed by atoms with Gasteiger partial charge in [-0.25, -0.2) is 4.98 Å². The Kier molecular flexibility index (Phi) is 6.04. The second-order valence-corrected chi connectivity index (χ2v) is 6.91. The number of amides is 2. The fourth-order valence-corrected chi connectivity index (χ4v) is 3.37. The molecule has 0 aromatic carbocycles. The van der Waals surface area contributed by atoms with Crippen molar-refractivity contribution in [1.29, 1.82) is 0 Å². The second-order valence-electron chi connectivity index (χ2n) is 6.91. The van der Waals surface area contributed by atoms with E-state index in [1.807, 2.05) is 24.0 Å². The van der Waals surface area contributed by atoms with E-state index in [2.05, 4.69) is 25.4 Å². The molecule has 25 heavy (non-hydrogen) atoms. The Morgan fingerprint density at radius 1 is 1.28 bits per heavy atom. The Labute approximate surface area is 148 Å². The summed E-state index contributed by atoms with van der Waals surface area (Å²) in [4.78, 5) is 33.0. The van der Waals surface area contributed by atoms with Gasteiger partial charge in [-0.05, 0) is 19.3 Å². The summed E-state index contributed by atoms with van der Waals surface area (Å²) in [5, 5.41) is 5.74. The van der Waals surface area contributed by atoms with Crippen LogP contribution in [0.15, 0.2) is 12.4 Å². The van der Waals surface area contributed by atoms with E-state index >= 15 is 0 Å². The summed E-state index contributed by atoms with van der Waals surface area (Å²) in [7, 11) is 2.01. The lowest BCUT2D eigenvalue weighted by Crippen LogP contribution is -2.52. The SMILES string of the molecule is Cn1ccnc1CN1CCN(CC(=O)N[C@@H]2CCCCNC2=O)CC1. The lowest BCUT2D eigenvalue weighted by Gasteiger charge is -2.34. The van der Waals surface area contributed by atoms with Crippen LogP contribution in [0.3, 0.4) is 0 Å². The van der Waals surface area contributed by atoms with Crippen LogP contribution in [-0.4, -0.2) is 76.5 Å². The predicted molar refractivity (Wildman–Crippen MR) is 93.7 cm³/mol. The molecule has 3 heterocycles. The van der Waals surface area contributed by atoms with Crippen LogP contribution >= 0.6 is 0 Å². The van der Waals surface area contributed by atoms with Gasteiger partial charge in [0.1, 0.15) is 11.9 Å². The molecule has 2 aliphatic heterocycles. The van der Waals surface area contributed by atoms with Crippen molar-refractivity contribution < 1.29 is 9.59 Å². The minimum Gasteiger partial charge on any atom is -0.354 e. The molecule has 0 unspecified atom stereocenters. The van der Waals surface area contributed by atoms with Crippen LogP contribution in [0.25, 0.3) is 0 Å². The van der Waals surface area contributed by atoms with E-state index in [1.165, 1.54) is 0 Å². The summed E-state index contributed by atoms with van der Waals surface area (Å²) in [5.41, 5.74) is 0. The molecule has 0 bridgehead atoms. The van der Waals surface area contributed by atoms with Crippen molar-refractivity contribution in [2.45, 2.75) is 31.8 Å². The third-order valence-corrected chi connectivity index (χ3v) is 4.99. The molecular formula is C17H28N6O2. The second kappa shape index (κ2) is 8.44. The van der Waals surface area contributed by atoms with Gasteiger partial charge in [0.25, 0.3) is 0 Å². The number of imidazole rings is 1. The van der Waals surface area contributed by atoms with Gasteiger partial charge in [-0.2, -0.15) is 0 Å². The number of piperazine rings is 1. The highest BCUT2D eigenvalue weighted by Gasteiger charge is 2.24. The van der Waals surface area contributed by atoms with Gasteiger partial charge >= 0.3 is 0 Å². The number of aromatic nitrogens is 2. The van der Waals surface area contributed by atoms with Crippen LogP contribution < -0.4 is 10.6 Å². The number of hydrogen-bond donors (Lipinski definition) is 2.